The van der Waals surface area contributed by atoms with Crippen molar-refractivity contribution < 1.29 is 22.7 Å². The topological polar surface area (TPSA) is 85.7 Å². The number of thiophene rings is 1. The van der Waals surface area contributed by atoms with Crippen LogP contribution in [0.5, 0.6) is 0 Å². The maximum atomic E-state index is 13.1. The first-order valence-corrected chi connectivity index (χ1v) is 14.0. The summed E-state index contributed by atoms with van der Waals surface area (Å²) in [5.41, 5.74) is 2.98. The van der Waals surface area contributed by atoms with Gasteiger partial charge in [-0.2, -0.15) is 4.31 Å². The van der Waals surface area contributed by atoms with E-state index in [1.165, 1.54) is 21.3 Å². The molecule has 35 heavy (non-hydrogen) atoms. The van der Waals surface area contributed by atoms with Crippen LogP contribution in [0.1, 0.15) is 61.8 Å². The number of hydrogen-bond acceptors (Lipinski definition) is 6. The van der Waals surface area contributed by atoms with Crippen molar-refractivity contribution in [2.45, 2.75) is 51.5 Å². The third-order valence-electron chi connectivity index (χ3n) is 6.46. The summed E-state index contributed by atoms with van der Waals surface area (Å²) in [6.07, 6.45) is 2.67. The van der Waals surface area contributed by atoms with Crippen LogP contribution in [0.2, 0.25) is 0 Å². The van der Waals surface area contributed by atoms with Crippen LogP contribution in [-0.2, 0) is 21.3 Å². The summed E-state index contributed by atoms with van der Waals surface area (Å²) >= 11 is 1.66. The van der Waals surface area contributed by atoms with Gasteiger partial charge in [-0.15, -0.1) is 11.3 Å². The fourth-order valence-electron chi connectivity index (χ4n) is 4.43. The van der Waals surface area contributed by atoms with Crippen LogP contribution in [0.15, 0.2) is 46.7 Å². The maximum absolute atomic E-state index is 13.1. The molecule has 0 saturated carbocycles. The molecule has 0 amide bonds. The van der Waals surface area contributed by atoms with Gasteiger partial charge in [-0.3, -0.25) is 4.79 Å². The lowest BCUT2D eigenvalue weighted by Gasteiger charge is -2.26. The molecule has 1 aliphatic heterocycles. The molecule has 2 aromatic heterocycles. The molecule has 186 valence electrons. The van der Waals surface area contributed by atoms with Crippen molar-refractivity contribution in [2.24, 2.45) is 0 Å². The van der Waals surface area contributed by atoms with Crippen molar-refractivity contribution in [2.75, 3.05) is 19.7 Å². The zero-order valence-corrected chi connectivity index (χ0v) is 21.9. The number of esters is 1. The van der Waals surface area contributed by atoms with Crippen LogP contribution < -0.4 is 0 Å². The fraction of sp³-hybridized carbons (Fsp3) is 0.385. The number of aromatic nitrogens is 1. The summed E-state index contributed by atoms with van der Waals surface area (Å²) in [5, 5.41) is 2.02. The van der Waals surface area contributed by atoms with Gasteiger partial charge in [0.2, 0.25) is 15.8 Å². The molecule has 1 saturated heterocycles. The van der Waals surface area contributed by atoms with E-state index in [0.29, 0.717) is 30.8 Å². The Balaban J connectivity index is 1.46. The van der Waals surface area contributed by atoms with Crippen LogP contribution >= 0.6 is 11.3 Å². The summed E-state index contributed by atoms with van der Waals surface area (Å²) in [4.78, 5) is 26.9. The number of hydrogen-bond donors (Lipinski definition) is 0. The van der Waals surface area contributed by atoms with Gasteiger partial charge in [0.05, 0.1) is 17.0 Å². The summed E-state index contributed by atoms with van der Waals surface area (Å²) in [7, 11) is -3.70. The molecule has 4 rings (SSSR count). The monoisotopic (exact) mass is 514 g/mol. The Morgan fingerprint density at radius 1 is 1.03 bits per heavy atom. The number of Topliss-reactive ketones (excluding diaryl/α,β-unsaturated/α-hetero) is 1. The SMILES string of the molecule is Cc1ccc(C(=O)OCC(=O)c2cc(C)n(Cc3cccs3)c2C)cc1S(=O)(=O)N1CCCCC1. The number of sulfonamides is 1. The molecule has 1 aliphatic rings. The average Bonchev–Trinajstić information content (AvgIpc) is 3.47. The lowest BCUT2D eigenvalue weighted by molar-refractivity contribution is 0.0474. The molecular formula is C26H30N2O5S2. The van der Waals surface area contributed by atoms with Gasteiger partial charge in [-0.05, 0) is 68.8 Å². The number of ether oxygens (including phenoxy) is 1. The van der Waals surface area contributed by atoms with Crippen LogP contribution in [-0.4, -0.2) is 48.7 Å². The molecule has 0 bridgehead atoms. The molecule has 0 atom stereocenters. The number of aryl methyl sites for hydroxylation is 2. The summed E-state index contributed by atoms with van der Waals surface area (Å²) < 4.78 is 35.1. The van der Waals surface area contributed by atoms with Crippen molar-refractivity contribution in [1.82, 2.24) is 8.87 Å². The zero-order chi connectivity index (χ0) is 25.2. The van der Waals surface area contributed by atoms with Gasteiger partial charge in [0.25, 0.3) is 0 Å². The van der Waals surface area contributed by atoms with Gasteiger partial charge in [-0.1, -0.05) is 18.6 Å². The second-order valence-corrected chi connectivity index (χ2v) is 11.8. The van der Waals surface area contributed by atoms with E-state index in [2.05, 4.69) is 4.57 Å². The molecule has 1 aromatic carbocycles. The zero-order valence-electron chi connectivity index (χ0n) is 20.2. The number of ketones is 1. The van der Waals surface area contributed by atoms with Crippen molar-refractivity contribution in [3.63, 3.8) is 0 Å². The van der Waals surface area contributed by atoms with Crippen LogP contribution in [0, 0.1) is 20.8 Å². The van der Waals surface area contributed by atoms with Gasteiger partial charge in [-0.25, -0.2) is 13.2 Å². The minimum atomic E-state index is -3.70. The van der Waals surface area contributed by atoms with E-state index < -0.39 is 22.6 Å². The van der Waals surface area contributed by atoms with Crippen LogP contribution in [0.3, 0.4) is 0 Å². The molecular weight excluding hydrogens is 484 g/mol. The summed E-state index contributed by atoms with van der Waals surface area (Å²) in [6, 6.07) is 10.4. The Hall–Kier alpha value is -2.75. The van der Waals surface area contributed by atoms with Crippen molar-refractivity contribution in [1.29, 1.82) is 0 Å². The minimum Gasteiger partial charge on any atom is -0.454 e. The number of nitrogens with zero attached hydrogens (tertiary/aromatic N) is 2. The molecule has 0 spiro atoms. The molecule has 0 aliphatic carbocycles. The van der Waals surface area contributed by atoms with E-state index in [-0.39, 0.29) is 16.2 Å². The smallest absolute Gasteiger partial charge is 0.338 e. The summed E-state index contributed by atoms with van der Waals surface area (Å²) in [5.74, 6) is -1.02. The lowest BCUT2D eigenvalue weighted by Crippen LogP contribution is -2.36. The van der Waals surface area contributed by atoms with E-state index in [4.69, 9.17) is 4.74 Å². The first-order chi connectivity index (χ1) is 16.7. The highest BCUT2D eigenvalue weighted by Gasteiger charge is 2.28. The third-order valence-corrected chi connectivity index (χ3v) is 9.36. The van der Waals surface area contributed by atoms with E-state index >= 15 is 0 Å². The largest absolute Gasteiger partial charge is 0.454 e. The molecule has 3 aromatic rings. The average molecular weight is 515 g/mol. The number of piperidine rings is 1. The molecule has 0 radical (unpaired) electrons. The van der Waals surface area contributed by atoms with Crippen LogP contribution in [0.25, 0.3) is 0 Å². The fourth-order valence-corrected chi connectivity index (χ4v) is 6.89. The van der Waals surface area contributed by atoms with E-state index in [1.807, 2.05) is 37.4 Å². The Bertz CT molecular complexity index is 1330. The van der Waals surface area contributed by atoms with Crippen molar-refractivity contribution in [3.05, 3.63) is 74.7 Å². The second-order valence-electron chi connectivity index (χ2n) is 8.89. The predicted octanol–water partition coefficient (Wildman–Crippen LogP) is 4.74. The Labute approximate surface area is 210 Å². The van der Waals surface area contributed by atoms with E-state index in [9.17, 15) is 18.0 Å². The molecule has 0 unspecified atom stereocenters. The second kappa shape index (κ2) is 10.5. The van der Waals surface area contributed by atoms with E-state index in [1.54, 1.807) is 24.3 Å². The highest BCUT2D eigenvalue weighted by molar-refractivity contribution is 7.89. The number of benzene rings is 1. The standard InChI is InChI=1S/C26H30N2O5S2/c1-18-9-10-21(15-25(18)35(31,32)27-11-5-4-6-12-27)26(30)33-17-24(29)23-14-19(2)28(20(23)3)16-22-8-7-13-34-22/h7-10,13-15H,4-6,11-12,16-17H2,1-3H3. The van der Waals surface area contributed by atoms with Gasteiger partial charge < -0.3 is 9.30 Å². The first-order valence-electron chi connectivity index (χ1n) is 11.7. The van der Waals surface area contributed by atoms with Crippen molar-refractivity contribution in [3.8, 4) is 0 Å². The van der Waals surface area contributed by atoms with Gasteiger partial charge in [0, 0.05) is 34.9 Å². The van der Waals surface area contributed by atoms with Gasteiger partial charge >= 0.3 is 5.97 Å². The van der Waals surface area contributed by atoms with E-state index in [0.717, 1.165) is 30.7 Å². The normalized spacial score (nSPS) is 14.7. The highest BCUT2D eigenvalue weighted by Crippen LogP contribution is 2.25. The number of rotatable bonds is 8. The number of carbonyl (C=O) groups is 2. The Kier molecular flexibility index (Phi) is 7.59. The predicted molar refractivity (Wildman–Crippen MR) is 136 cm³/mol. The lowest BCUT2D eigenvalue weighted by atomic mass is 10.1. The first kappa shape index (κ1) is 25.3. The minimum absolute atomic E-state index is 0.109. The number of carbonyl (C=O) groups excluding carboxylic acids is 2. The molecule has 0 N–H and O–H groups in total. The van der Waals surface area contributed by atoms with Gasteiger partial charge in [0.1, 0.15) is 0 Å². The third kappa shape index (κ3) is 5.42. The Morgan fingerprint density at radius 2 is 1.77 bits per heavy atom. The quantitative estimate of drug-likeness (QED) is 0.320. The van der Waals surface area contributed by atoms with Crippen LogP contribution in [0.4, 0.5) is 0 Å². The summed E-state index contributed by atoms with van der Waals surface area (Å²) in [6.45, 7) is 6.77. The molecule has 7 nitrogen and oxygen atoms in total. The molecule has 1 fully saturated rings. The Morgan fingerprint density at radius 3 is 2.46 bits per heavy atom. The molecule has 3 heterocycles. The van der Waals surface area contributed by atoms with Gasteiger partial charge in [0.15, 0.2) is 6.61 Å². The van der Waals surface area contributed by atoms with Crippen molar-refractivity contribution >= 4 is 33.1 Å². The maximum Gasteiger partial charge on any atom is 0.338 e. The highest BCUT2D eigenvalue weighted by atomic mass is 32.2. The molecule has 9 heteroatoms.